The zero-order valence-corrected chi connectivity index (χ0v) is 9.91. The Kier molecular flexibility index (Phi) is 3.86. The molecule has 0 aromatic rings. The van der Waals surface area contributed by atoms with Crippen molar-refractivity contribution in [1.82, 2.24) is 0 Å². The van der Waals surface area contributed by atoms with Gasteiger partial charge in [0.15, 0.2) is 0 Å². The topological polar surface area (TPSA) is 101 Å². The van der Waals surface area contributed by atoms with Crippen LogP contribution < -0.4 is 0 Å². The lowest BCUT2D eigenvalue weighted by atomic mass is 10.2. The van der Waals surface area contributed by atoms with Gasteiger partial charge in [-0.05, 0) is 6.92 Å². The second-order valence-electron chi connectivity index (χ2n) is 3.80. The second kappa shape index (κ2) is 4.05. The average Bonchev–Trinajstić information content (AvgIpc) is 2.00. The fourth-order valence-electron chi connectivity index (χ4n) is 0.902. The maximum Gasteiger partial charge on any atom is 0.402 e. The predicted octanol–water partition coefficient (Wildman–Crippen LogP) is -0.297. The summed E-state index contributed by atoms with van der Waals surface area (Å²) in [6.45, 7) is 3.08. The number of rotatable bonds is 5. The molecule has 1 atom stereocenters. The fourth-order valence-corrected chi connectivity index (χ4v) is 1.59. The van der Waals surface area contributed by atoms with Crippen molar-refractivity contribution in [3.05, 3.63) is 0 Å². The van der Waals surface area contributed by atoms with Gasteiger partial charge in [0.2, 0.25) is 0 Å². The molecule has 0 aromatic heterocycles. The van der Waals surface area contributed by atoms with E-state index in [0.717, 1.165) is 6.92 Å². The summed E-state index contributed by atoms with van der Waals surface area (Å²) < 4.78 is 33.7. The number of carboxylic acids is 1. The molecule has 0 spiro atoms. The normalized spacial score (nSPS) is 17.1. The number of hydrogen-bond donors (Lipinski definition) is 2. The van der Waals surface area contributed by atoms with Crippen molar-refractivity contribution < 1.29 is 31.5 Å². The largest absolute Gasteiger partial charge is 0.475 e. The molecular formula is C7H16NO6S+. The Bertz CT molecular complexity index is 348. The van der Waals surface area contributed by atoms with E-state index >= 15 is 0 Å². The van der Waals surface area contributed by atoms with Crippen LogP contribution in [0.5, 0.6) is 0 Å². The highest BCUT2D eigenvalue weighted by Crippen LogP contribution is 2.24. The number of aliphatic carboxylic acids is 1. The minimum Gasteiger partial charge on any atom is -0.475 e. The van der Waals surface area contributed by atoms with E-state index in [0.29, 0.717) is 6.54 Å². The van der Waals surface area contributed by atoms with Crippen LogP contribution >= 0.6 is 0 Å². The molecule has 8 heteroatoms. The highest BCUT2D eigenvalue weighted by molar-refractivity contribution is 7.80. The summed E-state index contributed by atoms with van der Waals surface area (Å²) >= 11 is 0. The van der Waals surface area contributed by atoms with Crippen molar-refractivity contribution >= 4 is 16.4 Å². The van der Waals surface area contributed by atoms with Gasteiger partial charge in [0, 0.05) is 6.92 Å². The molecule has 0 bridgehead atoms. The van der Waals surface area contributed by atoms with Crippen LogP contribution in [-0.2, 0) is 19.4 Å². The van der Waals surface area contributed by atoms with Crippen LogP contribution in [0.15, 0.2) is 0 Å². The van der Waals surface area contributed by atoms with E-state index in [1.807, 2.05) is 0 Å². The van der Waals surface area contributed by atoms with E-state index in [1.165, 1.54) is 14.1 Å². The zero-order chi connectivity index (χ0) is 12.5. The summed E-state index contributed by atoms with van der Waals surface area (Å²) in [6, 6.07) is 0. The zero-order valence-electron chi connectivity index (χ0n) is 9.09. The number of nitrogens with zero attached hydrogens (tertiary/aromatic N) is 1. The van der Waals surface area contributed by atoms with Gasteiger partial charge in [0.05, 0.1) is 20.6 Å². The van der Waals surface area contributed by atoms with Gasteiger partial charge in [0.25, 0.3) is 0 Å². The molecule has 0 aliphatic carbocycles. The number of carbonyl (C=O) groups is 1. The molecule has 0 saturated carbocycles. The molecule has 0 rings (SSSR count). The molecule has 0 aliphatic heterocycles. The first-order chi connectivity index (χ1) is 6.46. The molecule has 2 N–H and O–H groups in total. The van der Waals surface area contributed by atoms with Crippen molar-refractivity contribution in [3.63, 3.8) is 0 Å². The van der Waals surface area contributed by atoms with Crippen molar-refractivity contribution in [2.75, 3.05) is 20.6 Å². The molecule has 0 fully saturated rings. The molecule has 1 unspecified atom stereocenters. The quantitative estimate of drug-likeness (QED) is 0.390. The van der Waals surface area contributed by atoms with Crippen LogP contribution in [0.25, 0.3) is 0 Å². The van der Waals surface area contributed by atoms with Crippen molar-refractivity contribution in [2.24, 2.45) is 0 Å². The summed E-state index contributed by atoms with van der Waals surface area (Å²) in [6.07, 6.45) is 0. The molecule has 0 heterocycles. The molecule has 0 amide bonds. The Morgan fingerprint density at radius 2 is 1.87 bits per heavy atom. The third kappa shape index (κ3) is 3.13. The van der Waals surface area contributed by atoms with E-state index in [2.05, 4.69) is 4.18 Å². The van der Waals surface area contributed by atoms with Crippen LogP contribution in [-0.4, -0.2) is 54.9 Å². The number of carboxylic acid groups (broad SMARTS) is 1. The lowest BCUT2D eigenvalue weighted by molar-refractivity contribution is -0.948. The number of quaternary nitrogens is 1. The number of likely N-dealkylation sites (N-methyl/N-ethyl adjacent to an activating group) is 1. The monoisotopic (exact) mass is 242 g/mol. The molecule has 0 aliphatic rings. The maximum atomic E-state index is 11.0. The van der Waals surface area contributed by atoms with E-state index in [9.17, 15) is 13.2 Å². The summed E-state index contributed by atoms with van der Waals surface area (Å²) in [7, 11) is -1.85. The Labute approximate surface area is 88.8 Å². The maximum absolute atomic E-state index is 11.0. The van der Waals surface area contributed by atoms with Gasteiger partial charge < -0.3 is 5.11 Å². The van der Waals surface area contributed by atoms with Crippen LogP contribution in [0, 0.1) is 0 Å². The van der Waals surface area contributed by atoms with E-state index in [1.54, 1.807) is 6.92 Å². The van der Waals surface area contributed by atoms with Gasteiger partial charge in [-0.15, -0.1) is 0 Å². The van der Waals surface area contributed by atoms with Crippen LogP contribution in [0.2, 0.25) is 0 Å². The standard InChI is InChI=1S/C7H15NO6S/c1-5-8(3,4)7(2,6(9)10)14-15(11,12)13/h5H2,1-4H3,(H-,9,10,11,12,13)/p+1. The van der Waals surface area contributed by atoms with E-state index in [4.69, 9.17) is 9.66 Å². The van der Waals surface area contributed by atoms with Gasteiger partial charge in [-0.2, -0.15) is 12.6 Å². The molecule has 7 nitrogen and oxygen atoms in total. The van der Waals surface area contributed by atoms with Gasteiger partial charge in [-0.1, -0.05) is 0 Å². The molecule has 90 valence electrons. The Morgan fingerprint density at radius 3 is 2.07 bits per heavy atom. The molecular weight excluding hydrogens is 226 g/mol. The van der Waals surface area contributed by atoms with Gasteiger partial charge >= 0.3 is 22.1 Å². The van der Waals surface area contributed by atoms with Crippen molar-refractivity contribution in [2.45, 2.75) is 19.6 Å². The lowest BCUT2D eigenvalue weighted by Gasteiger charge is -2.40. The SMILES string of the molecule is CC[N+](C)(C)C(C)(OS(=O)(=O)O)C(=O)O. The first-order valence-corrected chi connectivity index (χ1v) is 5.57. The van der Waals surface area contributed by atoms with Crippen LogP contribution in [0.3, 0.4) is 0 Å². The van der Waals surface area contributed by atoms with Gasteiger partial charge in [-0.3, -0.25) is 9.04 Å². The third-order valence-corrected chi connectivity index (χ3v) is 3.15. The van der Waals surface area contributed by atoms with E-state index < -0.39 is 22.1 Å². The van der Waals surface area contributed by atoms with Crippen molar-refractivity contribution in [1.29, 1.82) is 0 Å². The van der Waals surface area contributed by atoms with E-state index in [-0.39, 0.29) is 4.48 Å². The predicted molar refractivity (Wildman–Crippen MR) is 51.3 cm³/mol. The highest BCUT2D eigenvalue weighted by atomic mass is 32.3. The minimum atomic E-state index is -4.82. The highest BCUT2D eigenvalue weighted by Gasteiger charge is 2.52. The second-order valence-corrected chi connectivity index (χ2v) is 4.82. The number of hydrogen-bond acceptors (Lipinski definition) is 4. The lowest BCUT2D eigenvalue weighted by Crippen LogP contribution is -2.64. The summed E-state index contributed by atoms with van der Waals surface area (Å²) in [5, 5.41) is 8.95. The summed E-state index contributed by atoms with van der Waals surface area (Å²) in [4.78, 5) is 11.0. The molecule has 0 radical (unpaired) electrons. The Balaban J connectivity index is 5.37. The average molecular weight is 242 g/mol. The Morgan fingerprint density at radius 1 is 1.47 bits per heavy atom. The molecule has 0 aromatic carbocycles. The summed E-state index contributed by atoms with van der Waals surface area (Å²) in [5.41, 5.74) is -2.05. The Hall–Kier alpha value is -0.700. The minimum absolute atomic E-state index is 0.248. The first-order valence-electron chi connectivity index (χ1n) is 4.21. The van der Waals surface area contributed by atoms with Crippen LogP contribution in [0.4, 0.5) is 0 Å². The third-order valence-electron chi connectivity index (χ3n) is 2.61. The van der Waals surface area contributed by atoms with Gasteiger partial charge in [-0.25, -0.2) is 4.79 Å². The molecule has 15 heavy (non-hydrogen) atoms. The van der Waals surface area contributed by atoms with Crippen molar-refractivity contribution in [3.8, 4) is 0 Å². The fraction of sp³-hybridized carbons (Fsp3) is 0.857. The van der Waals surface area contributed by atoms with Crippen LogP contribution in [0.1, 0.15) is 13.8 Å². The first kappa shape index (κ1) is 14.3. The van der Waals surface area contributed by atoms with Gasteiger partial charge in [0.1, 0.15) is 0 Å². The smallest absolute Gasteiger partial charge is 0.402 e. The molecule has 0 saturated heterocycles. The summed E-state index contributed by atoms with van der Waals surface area (Å²) in [5.74, 6) is -1.47.